The van der Waals surface area contributed by atoms with Gasteiger partial charge in [0, 0.05) is 22.5 Å². The van der Waals surface area contributed by atoms with Crippen molar-refractivity contribution in [3.63, 3.8) is 0 Å². The Bertz CT molecular complexity index is 997. The van der Waals surface area contributed by atoms with Crippen LogP contribution in [0.1, 0.15) is 25.8 Å². The molecule has 0 amide bonds. The molecule has 0 atom stereocenters. The summed E-state index contributed by atoms with van der Waals surface area (Å²) < 4.78 is 6.08. The van der Waals surface area contributed by atoms with Gasteiger partial charge in [-0.15, -0.1) is 0 Å². The van der Waals surface area contributed by atoms with E-state index in [1.807, 2.05) is 49.5 Å². The Morgan fingerprint density at radius 1 is 0.960 bits per heavy atom. The maximum absolute atomic E-state index is 6.08. The molecule has 0 saturated heterocycles. The molecule has 2 aromatic heterocycles. The number of aromatic nitrogens is 1. The zero-order valence-electron chi connectivity index (χ0n) is 15.0. The van der Waals surface area contributed by atoms with Crippen LogP contribution < -0.4 is 0 Å². The molecule has 0 bridgehead atoms. The van der Waals surface area contributed by atoms with Gasteiger partial charge in [0.15, 0.2) is 0 Å². The van der Waals surface area contributed by atoms with Crippen LogP contribution in [-0.2, 0) is 0 Å². The summed E-state index contributed by atoms with van der Waals surface area (Å²) in [5.74, 6) is 0. The third kappa shape index (κ3) is 3.48. The molecular weight excluding hydrogens is 306 g/mol. The minimum atomic E-state index is 0.921. The lowest BCUT2D eigenvalue weighted by atomic mass is 10.0. The average Bonchev–Trinajstić information content (AvgIpc) is 3.02. The van der Waals surface area contributed by atoms with Crippen molar-refractivity contribution in [2.45, 2.75) is 27.2 Å². The lowest BCUT2D eigenvalue weighted by Crippen LogP contribution is -1.86. The second-order valence-electron chi connectivity index (χ2n) is 5.92. The maximum atomic E-state index is 6.08. The molecule has 4 rings (SSSR count). The Morgan fingerprint density at radius 3 is 2.44 bits per heavy atom. The van der Waals surface area contributed by atoms with Gasteiger partial charge in [-0.25, -0.2) is 0 Å². The summed E-state index contributed by atoms with van der Waals surface area (Å²) in [6.45, 7) is 6.25. The van der Waals surface area contributed by atoms with Gasteiger partial charge in [-0.2, -0.15) is 0 Å². The molecule has 0 spiro atoms. The zero-order chi connectivity index (χ0) is 17.6. The third-order valence-corrected chi connectivity index (χ3v) is 4.15. The molecular formula is C23H23NO. The minimum Gasteiger partial charge on any atom is -0.455 e. The number of hydrogen-bond acceptors (Lipinski definition) is 2. The van der Waals surface area contributed by atoms with E-state index in [4.69, 9.17) is 4.42 Å². The van der Waals surface area contributed by atoms with E-state index >= 15 is 0 Å². The van der Waals surface area contributed by atoms with E-state index in [1.54, 1.807) is 0 Å². The fourth-order valence-electron chi connectivity index (χ4n) is 2.95. The molecule has 0 aliphatic heterocycles. The van der Waals surface area contributed by atoms with Gasteiger partial charge in [-0.3, -0.25) is 4.98 Å². The number of allylic oxidation sites excluding steroid dienone is 2. The predicted octanol–water partition coefficient (Wildman–Crippen LogP) is 6.93. The van der Waals surface area contributed by atoms with Crippen molar-refractivity contribution in [2.24, 2.45) is 0 Å². The standard InChI is InChI=1S/C18H13NO.C5H10/c1-12-9-10-14-13-6-2-3-8-16(13)20-18(14)17(12)15-7-4-5-11-19-15;1-3-5-4-2/h2-11H,1H3;3,5H,4H2,1-2H3. The van der Waals surface area contributed by atoms with E-state index in [9.17, 15) is 0 Å². The van der Waals surface area contributed by atoms with Crippen molar-refractivity contribution in [1.82, 2.24) is 4.98 Å². The summed E-state index contributed by atoms with van der Waals surface area (Å²) in [4.78, 5) is 4.47. The molecule has 0 aliphatic carbocycles. The van der Waals surface area contributed by atoms with E-state index in [0.717, 1.165) is 39.6 Å². The van der Waals surface area contributed by atoms with E-state index in [2.05, 4.69) is 49.2 Å². The highest BCUT2D eigenvalue weighted by Gasteiger charge is 2.14. The van der Waals surface area contributed by atoms with E-state index in [-0.39, 0.29) is 0 Å². The molecule has 2 nitrogen and oxygen atoms in total. The summed E-state index contributed by atoms with van der Waals surface area (Å²) in [5, 5.41) is 2.30. The third-order valence-electron chi connectivity index (χ3n) is 4.15. The molecule has 126 valence electrons. The van der Waals surface area contributed by atoms with Crippen LogP contribution >= 0.6 is 0 Å². The van der Waals surface area contributed by atoms with Crippen molar-refractivity contribution in [2.75, 3.05) is 0 Å². The summed E-state index contributed by atoms with van der Waals surface area (Å²) >= 11 is 0. The van der Waals surface area contributed by atoms with Crippen LogP contribution in [0.4, 0.5) is 0 Å². The van der Waals surface area contributed by atoms with Gasteiger partial charge in [0.1, 0.15) is 11.2 Å². The number of fused-ring (bicyclic) bond motifs is 3. The number of rotatable bonds is 2. The summed E-state index contributed by atoms with van der Waals surface area (Å²) in [5.41, 5.74) is 5.05. The average molecular weight is 329 g/mol. The quantitative estimate of drug-likeness (QED) is 0.373. The number of furan rings is 1. The lowest BCUT2D eigenvalue weighted by Gasteiger charge is -2.05. The van der Waals surface area contributed by atoms with Gasteiger partial charge in [-0.05, 0) is 44.0 Å². The second kappa shape index (κ2) is 7.80. The van der Waals surface area contributed by atoms with Crippen LogP contribution in [0.3, 0.4) is 0 Å². The van der Waals surface area contributed by atoms with Crippen LogP contribution in [0.2, 0.25) is 0 Å². The lowest BCUT2D eigenvalue weighted by molar-refractivity contribution is 0.669. The Balaban J connectivity index is 0.000000324. The predicted molar refractivity (Wildman–Crippen MR) is 107 cm³/mol. The van der Waals surface area contributed by atoms with Crippen LogP contribution in [-0.4, -0.2) is 4.98 Å². The molecule has 0 aliphatic rings. The summed E-state index contributed by atoms with van der Waals surface area (Å²) in [6, 6.07) is 18.4. The van der Waals surface area contributed by atoms with E-state index in [1.165, 1.54) is 5.56 Å². The largest absolute Gasteiger partial charge is 0.455 e. The molecule has 0 fully saturated rings. The number of benzene rings is 2. The van der Waals surface area contributed by atoms with Gasteiger partial charge < -0.3 is 4.42 Å². The highest BCUT2D eigenvalue weighted by molar-refractivity contribution is 6.09. The Labute approximate surface area is 148 Å². The van der Waals surface area contributed by atoms with Crippen molar-refractivity contribution in [1.29, 1.82) is 0 Å². The van der Waals surface area contributed by atoms with Gasteiger partial charge in [0.2, 0.25) is 0 Å². The van der Waals surface area contributed by atoms with Crippen LogP contribution in [0.5, 0.6) is 0 Å². The molecule has 0 N–H and O–H groups in total. The topological polar surface area (TPSA) is 26.0 Å². The highest BCUT2D eigenvalue weighted by atomic mass is 16.3. The molecule has 0 saturated carbocycles. The maximum Gasteiger partial charge on any atom is 0.145 e. The van der Waals surface area contributed by atoms with Gasteiger partial charge in [-0.1, -0.05) is 55.5 Å². The molecule has 25 heavy (non-hydrogen) atoms. The fourth-order valence-corrected chi connectivity index (χ4v) is 2.95. The van der Waals surface area contributed by atoms with Gasteiger partial charge in [0.05, 0.1) is 5.69 Å². The number of aryl methyl sites for hydroxylation is 1. The fraction of sp³-hybridized carbons (Fsp3) is 0.174. The highest BCUT2D eigenvalue weighted by Crippen LogP contribution is 2.36. The molecule has 2 aromatic carbocycles. The molecule has 2 heteroatoms. The molecule has 4 aromatic rings. The first kappa shape index (κ1) is 17.0. The van der Waals surface area contributed by atoms with Crippen molar-refractivity contribution in [3.05, 3.63) is 78.5 Å². The number of para-hydroxylation sites is 1. The number of hydrogen-bond donors (Lipinski definition) is 0. The first-order valence-electron chi connectivity index (χ1n) is 8.69. The Kier molecular flexibility index (Phi) is 5.30. The SMILES string of the molecule is CC=CCC.Cc1ccc2c(oc3ccccc32)c1-c1ccccn1. The van der Waals surface area contributed by atoms with Gasteiger partial charge in [0.25, 0.3) is 0 Å². The van der Waals surface area contributed by atoms with Gasteiger partial charge >= 0.3 is 0 Å². The summed E-state index contributed by atoms with van der Waals surface area (Å²) in [6.07, 6.45) is 7.16. The minimum absolute atomic E-state index is 0.921. The first-order valence-corrected chi connectivity index (χ1v) is 8.69. The smallest absolute Gasteiger partial charge is 0.145 e. The number of pyridine rings is 1. The van der Waals surface area contributed by atoms with E-state index in [0.29, 0.717) is 0 Å². The Hall–Kier alpha value is -2.87. The van der Waals surface area contributed by atoms with Crippen LogP contribution in [0.25, 0.3) is 33.2 Å². The van der Waals surface area contributed by atoms with Crippen LogP contribution in [0.15, 0.2) is 77.4 Å². The second-order valence-corrected chi connectivity index (χ2v) is 5.92. The Morgan fingerprint density at radius 2 is 1.76 bits per heavy atom. The van der Waals surface area contributed by atoms with E-state index < -0.39 is 0 Å². The normalized spacial score (nSPS) is 11.0. The number of nitrogens with zero attached hydrogens (tertiary/aromatic N) is 1. The molecule has 0 radical (unpaired) electrons. The van der Waals surface area contributed by atoms with Crippen molar-refractivity contribution >= 4 is 21.9 Å². The summed E-state index contributed by atoms with van der Waals surface area (Å²) in [7, 11) is 0. The molecule has 0 unspecified atom stereocenters. The van der Waals surface area contributed by atoms with Crippen LogP contribution in [0, 0.1) is 6.92 Å². The monoisotopic (exact) mass is 329 g/mol. The van der Waals surface area contributed by atoms with Crippen molar-refractivity contribution < 1.29 is 4.42 Å². The molecule has 2 heterocycles. The first-order chi connectivity index (χ1) is 12.3. The van der Waals surface area contributed by atoms with Crippen molar-refractivity contribution in [3.8, 4) is 11.3 Å². The zero-order valence-corrected chi connectivity index (χ0v) is 15.0.